The van der Waals surface area contributed by atoms with Crippen LogP contribution in [-0.2, 0) is 18.0 Å². The molecule has 0 aliphatic carbocycles. The third-order valence-corrected chi connectivity index (χ3v) is 3.94. The highest BCUT2D eigenvalue weighted by molar-refractivity contribution is 5.98. The van der Waals surface area contributed by atoms with Crippen molar-refractivity contribution in [3.63, 3.8) is 0 Å². The number of methoxy groups -OCH3 is 1. The molecule has 3 aromatic rings. The molecule has 0 atom stereocenters. The Bertz CT molecular complexity index is 885. The molecule has 0 aliphatic rings. The van der Waals surface area contributed by atoms with E-state index >= 15 is 0 Å². The molecule has 6 nitrogen and oxygen atoms in total. The third kappa shape index (κ3) is 5.29. The van der Waals surface area contributed by atoms with Crippen LogP contribution < -0.4 is 15.5 Å². The minimum absolute atomic E-state index is 0.246. The predicted molar refractivity (Wildman–Crippen MR) is 103 cm³/mol. The van der Waals surface area contributed by atoms with Gasteiger partial charge in [0.15, 0.2) is 0 Å². The van der Waals surface area contributed by atoms with Gasteiger partial charge in [-0.25, -0.2) is 5.48 Å². The average Bonchev–Trinajstić information content (AvgIpc) is 2.73. The highest BCUT2D eigenvalue weighted by Gasteiger charge is 2.11. The molecule has 0 aliphatic heterocycles. The van der Waals surface area contributed by atoms with Gasteiger partial charge in [-0.3, -0.25) is 14.6 Å². The summed E-state index contributed by atoms with van der Waals surface area (Å²) in [5, 5.41) is 3.27. The largest absolute Gasteiger partial charge is 0.497 e. The molecule has 3 rings (SSSR count). The molecule has 0 fully saturated rings. The number of carbonyl (C=O) groups excluding carboxylic acids is 1. The third-order valence-electron chi connectivity index (χ3n) is 3.94. The van der Waals surface area contributed by atoms with Crippen LogP contribution >= 0.6 is 0 Å². The minimum Gasteiger partial charge on any atom is -0.497 e. The summed E-state index contributed by atoms with van der Waals surface area (Å²) < 4.78 is 5.18. The second-order valence-electron chi connectivity index (χ2n) is 5.83. The molecule has 1 amide bonds. The summed E-state index contributed by atoms with van der Waals surface area (Å²) in [6, 6.07) is 18.6. The number of hydroxylamine groups is 1. The van der Waals surface area contributed by atoms with E-state index in [1.54, 1.807) is 25.6 Å². The summed E-state index contributed by atoms with van der Waals surface area (Å²) in [7, 11) is 1.61. The number of amides is 1. The lowest BCUT2D eigenvalue weighted by atomic mass is 10.1. The highest BCUT2D eigenvalue weighted by Crippen LogP contribution is 2.17. The van der Waals surface area contributed by atoms with E-state index in [1.807, 2.05) is 54.6 Å². The fourth-order valence-electron chi connectivity index (χ4n) is 2.54. The molecule has 2 N–H and O–H groups in total. The lowest BCUT2D eigenvalue weighted by molar-refractivity contribution is 0.0234. The lowest BCUT2D eigenvalue weighted by Crippen LogP contribution is -2.24. The van der Waals surface area contributed by atoms with Crippen molar-refractivity contribution in [3.8, 4) is 5.75 Å². The Morgan fingerprint density at radius 2 is 1.81 bits per heavy atom. The van der Waals surface area contributed by atoms with E-state index in [9.17, 15) is 4.79 Å². The Hall–Kier alpha value is -3.38. The molecule has 1 heterocycles. The fraction of sp³-hybridized carbons (Fsp3) is 0.143. The molecule has 0 saturated carbocycles. The number of nitrogens with zero attached hydrogens (tertiary/aromatic N) is 1. The van der Waals surface area contributed by atoms with E-state index in [1.165, 1.54) is 0 Å². The monoisotopic (exact) mass is 363 g/mol. The van der Waals surface area contributed by atoms with Gasteiger partial charge in [0, 0.05) is 24.6 Å². The molecule has 0 unspecified atom stereocenters. The van der Waals surface area contributed by atoms with Crippen molar-refractivity contribution < 1.29 is 14.4 Å². The predicted octanol–water partition coefficient (Wildman–Crippen LogP) is 3.56. The zero-order chi connectivity index (χ0) is 18.9. The standard InChI is InChI=1S/C21H21N3O3/c1-26-18-6-4-5-17(13-18)15-27-24-21(25)19-7-2-3-8-20(19)23-14-16-9-11-22-12-10-16/h2-13,23H,14-15H2,1H3,(H,24,25). The Kier molecular flexibility index (Phi) is 6.38. The summed E-state index contributed by atoms with van der Waals surface area (Å²) in [5.74, 6) is 0.434. The molecule has 27 heavy (non-hydrogen) atoms. The zero-order valence-electron chi connectivity index (χ0n) is 15.0. The first-order chi connectivity index (χ1) is 13.3. The summed E-state index contributed by atoms with van der Waals surface area (Å²) in [6.07, 6.45) is 3.48. The van der Waals surface area contributed by atoms with E-state index < -0.39 is 0 Å². The van der Waals surface area contributed by atoms with Crippen molar-refractivity contribution in [1.29, 1.82) is 0 Å². The number of aromatic nitrogens is 1. The summed E-state index contributed by atoms with van der Waals surface area (Å²) in [5.41, 5.74) is 5.72. The maximum atomic E-state index is 12.5. The van der Waals surface area contributed by atoms with Gasteiger partial charge in [0.05, 0.1) is 19.3 Å². The number of benzene rings is 2. The van der Waals surface area contributed by atoms with Crippen molar-refractivity contribution in [2.75, 3.05) is 12.4 Å². The molecular formula is C21H21N3O3. The number of anilines is 1. The molecule has 0 spiro atoms. The average molecular weight is 363 g/mol. The van der Waals surface area contributed by atoms with E-state index in [0.29, 0.717) is 12.1 Å². The molecule has 2 aromatic carbocycles. The van der Waals surface area contributed by atoms with E-state index in [0.717, 1.165) is 22.6 Å². The van der Waals surface area contributed by atoms with Crippen LogP contribution in [0.4, 0.5) is 5.69 Å². The zero-order valence-corrected chi connectivity index (χ0v) is 15.0. The Labute approximate surface area is 158 Å². The van der Waals surface area contributed by atoms with Crippen LogP contribution in [0, 0.1) is 0 Å². The first kappa shape index (κ1) is 18.4. The van der Waals surface area contributed by atoms with Gasteiger partial charge < -0.3 is 10.1 Å². The maximum absolute atomic E-state index is 12.5. The lowest BCUT2D eigenvalue weighted by Gasteiger charge is -2.12. The van der Waals surface area contributed by atoms with Crippen LogP contribution in [0.25, 0.3) is 0 Å². The quantitative estimate of drug-likeness (QED) is 0.599. The van der Waals surface area contributed by atoms with Gasteiger partial charge in [-0.1, -0.05) is 24.3 Å². The first-order valence-electron chi connectivity index (χ1n) is 8.53. The minimum atomic E-state index is -0.310. The number of carbonyl (C=O) groups is 1. The second-order valence-corrected chi connectivity index (χ2v) is 5.83. The van der Waals surface area contributed by atoms with Crippen LogP contribution in [0.5, 0.6) is 5.75 Å². The van der Waals surface area contributed by atoms with Gasteiger partial charge in [0.2, 0.25) is 0 Å². The smallest absolute Gasteiger partial charge is 0.276 e. The Morgan fingerprint density at radius 1 is 1.00 bits per heavy atom. The summed E-state index contributed by atoms with van der Waals surface area (Å²) in [6.45, 7) is 0.840. The Balaban J connectivity index is 1.57. The molecular weight excluding hydrogens is 342 g/mol. The summed E-state index contributed by atoms with van der Waals surface area (Å²) in [4.78, 5) is 21.8. The molecule has 0 bridgehead atoms. The van der Waals surface area contributed by atoms with Gasteiger partial charge in [-0.05, 0) is 47.5 Å². The van der Waals surface area contributed by atoms with E-state index in [4.69, 9.17) is 9.57 Å². The number of pyridine rings is 1. The van der Waals surface area contributed by atoms with Gasteiger partial charge >= 0.3 is 0 Å². The van der Waals surface area contributed by atoms with E-state index in [2.05, 4.69) is 15.8 Å². The van der Waals surface area contributed by atoms with Crippen molar-refractivity contribution in [2.24, 2.45) is 0 Å². The molecule has 0 radical (unpaired) electrons. The SMILES string of the molecule is COc1cccc(CONC(=O)c2ccccc2NCc2ccncc2)c1. The van der Waals surface area contributed by atoms with Gasteiger partial charge in [0.1, 0.15) is 5.75 Å². The van der Waals surface area contributed by atoms with Crippen molar-refractivity contribution in [2.45, 2.75) is 13.2 Å². The highest BCUT2D eigenvalue weighted by atomic mass is 16.6. The number of nitrogens with one attached hydrogen (secondary N) is 2. The number of ether oxygens (including phenoxy) is 1. The topological polar surface area (TPSA) is 72.5 Å². The number of para-hydroxylation sites is 1. The van der Waals surface area contributed by atoms with Gasteiger partial charge in [-0.2, -0.15) is 0 Å². The number of rotatable bonds is 8. The second kappa shape index (κ2) is 9.35. The normalized spacial score (nSPS) is 10.3. The van der Waals surface area contributed by atoms with Gasteiger partial charge in [0.25, 0.3) is 5.91 Å². The van der Waals surface area contributed by atoms with Crippen LogP contribution in [-0.4, -0.2) is 18.0 Å². The maximum Gasteiger partial charge on any atom is 0.276 e. The van der Waals surface area contributed by atoms with E-state index in [-0.39, 0.29) is 12.5 Å². The fourth-order valence-corrected chi connectivity index (χ4v) is 2.54. The molecule has 6 heteroatoms. The van der Waals surface area contributed by atoms with Crippen molar-refractivity contribution in [3.05, 3.63) is 89.7 Å². The Morgan fingerprint density at radius 3 is 2.63 bits per heavy atom. The number of hydrogen-bond acceptors (Lipinski definition) is 5. The number of hydrogen-bond donors (Lipinski definition) is 2. The van der Waals surface area contributed by atoms with Gasteiger partial charge in [-0.15, -0.1) is 0 Å². The van der Waals surface area contributed by atoms with Crippen LogP contribution in [0.1, 0.15) is 21.5 Å². The molecule has 0 saturated heterocycles. The van der Waals surface area contributed by atoms with Crippen LogP contribution in [0.15, 0.2) is 73.1 Å². The summed E-state index contributed by atoms with van der Waals surface area (Å²) >= 11 is 0. The van der Waals surface area contributed by atoms with Crippen LogP contribution in [0.2, 0.25) is 0 Å². The molecule has 1 aromatic heterocycles. The van der Waals surface area contributed by atoms with Crippen molar-refractivity contribution in [1.82, 2.24) is 10.5 Å². The van der Waals surface area contributed by atoms with Crippen molar-refractivity contribution >= 4 is 11.6 Å². The molecule has 138 valence electrons. The first-order valence-corrected chi connectivity index (χ1v) is 8.53. The van der Waals surface area contributed by atoms with Crippen LogP contribution in [0.3, 0.4) is 0 Å².